The van der Waals surface area contributed by atoms with E-state index in [9.17, 15) is 12.8 Å². The first-order chi connectivity index (χ1) is 6.91. The second kappa shape index (κ2) is 5.16. The molecule has 0 heterocycles. The van der Waals surface area contributed by atoms with Crippen LogP contribution in [0.2, 0.25) is 0 Å². The lowest BCUT2D eigenvalue weighted by atomic mass is 10.0. The first-order valence-electron chi connectivity index (χ1n) is 4.97. The Labute approximate surface area is 87.5 Å². The summed E-state index contributed by atoms with van der Waals surface area (Å²) in [6, 6.07) is 0. The predicted octanol–water partition coefficient (Wildman–Crippen LogP) is 2.86. The minimum atomic E-state index is -5.74. The van der Waals surface area contributed by atoms with Crippen LogP contribution in [0.3, 0.4) is 0 Å². The maximum absolute atomic E-state index is 10.7. The van der Waals surface area contributed by atoms with Gasteiger partial charge in [0.2, 0.25) is 0 Å². The fraction of sp³-hybridized carbons (Fsp3) is 1.00. The van der Waals surface area contributed by atoms with Crippen LogP contribution in [-0.4, -0.2) is 13.2 Å². The van der Waals surface area contributed by atoms with Gasteiger partial charge < -0.3 is 0 Å². The molecule has 0 amide bonds. The lowest BCUT2D eigenvalue weighted by Crippen LogP contribution is -2.06. The van der Waals surface area contributed by atoms with Crippen LogP contribution in [0, 0.1) is 11.8 Å². The zero-order valence-electron chi connectivity index (χ0n) is 8.20. The lowest BCUT2D eigenvalue weighted by Gasteiger charge is -2.04. The molecule has 7 heteroatoms. The molecule has 15 heavy (non-hydrogen) atoms. The summed E-state index contributed by atoms with van der Waals surface area (Å²) in [6.07, 6.45) is 9.31. The Morgan fingerprint density at radius 2 is 1.20 bits per heavy atom. The summed E-state index contributed by atoms with van der Waals surface area (Å²) in [5.74, 6) is 2.35. The van der Waals surface area contributed by atoms with Crippen molar-refractivity contribution in [2.45, 2.75) is 38.5 Å². The molecular formula is C8H14F3NO2S. The van der Waals surface area contributed by atoms with Crippen molar-refractivity contribution in [3.05, 3.63) is 0 Å². The molecule has 0 aromatic carbocycles. The van der Waals surface area contributed by atoms with Gasteiger partial charge in [-0.25, -0.2) is 0 Å². The van der Waals surface area contributed by atoms with Crippen LogP contribution in [0.15, 0.2) is 0 Å². The summed E-state index contributed by atoms with van der Waals surface area (Å²) in [5, 5.41) is 0. The molecule has 0 spiro atoms. The first kappa shape index (κ1) is 12.8. The van der Waals surface area contributed by atoms with Gasteiger partial charge in [0.25, 0.3) is 0 Å². The van der Waals surface area contributed by atoms with E-state index < -0.39 is 15.2 Å². The number of halogens is 3. The highest BCUT2D eigenvalue weighted by Gasteiger charge is 2.30. The van der Waals surface area contributed by atoms with Crippen molar-refractivity contribution in [1.29, 1.82) is 0 Å². The molecule has 0 aromatic rings. The molecule has 2 rings (SSSR count). The normalized spacial score (nSPS) is 29.9. The molecule has 90 valence electrons. The van der Waals surface area contributed by atoms with Crippen LogP contribution in [-0.2, 0) is 10.4 Å². The van der Waals surface area contributed by atoms with Crippen molar-refractivity contribution in [2.24, 2.45) is 11.8 Å². The van der Waals surface area contributed by atoms with Gasteiger partial charge in [0.15, 0.2) is 4.75 Å². The van der Waals surface area contributed by atoms with Gasteiger partial charge in [0.1, 0.15) is 0 Å². The number of rotatable bonds is 1. The number of hydrogen-bond donors (Lipinski definition) is 0. The Morgan fingerprint density at radius 3 is 1.40 bits per heavy atom. The van der Waals surface area contributed by atoms with E-state index in [1.165, 1.54) is 24.7 Å². The van der Waals surface area contributed by atoms with Crippen LogP contribution < -0.4 is 0 Å². The monoisotopic (exact) mass is 245 g/mol. The maximum Gasteiger partial charge on any atom is 0.430 e. The van der Waals surface area contributed by atoms with E-state index >= 15 is 0 Å². The van der Waals surface area contributed by atoms with E-state index in [2.05, 4.69) is 0 Å². The minimum absolute atomic E-state index is 1.18. The number of fused-ring (bicyclic) bond motifs is 1. The Kier molecular flexibility index (Phi) is 4.39. The predicted molar refractivity (Wildman–Crippen MR) is 48.8 cm³/mol. The Bertz CT molecular complexity index is 274. The van der Waals surface area contributed by atoms with E-state index in [4.69, 9.17) is 8.42 Å². The quantitative estimate of drug-likeness (QED) is 0.526. The zero-order chi connectivity index (χ0) is 11.5. The summed E-state index contributed by atoms with van der Waals surface area (Å²) in [5.41, 5.74) is 0. The van der Waals surface area contributed by atoms with Gasteiger partial charge in [-0.3, -0.25) is 0 Å². The first-order valence-corrected chi connectivity index (χ1v) is 6.32. The third kappa shape index (κ3) is 3.98. The highest BCUT2D eigenvalue weighted by Crippen LogP contribution is 2.43. The van der Waals surface area contributed by atoms with Crippen LogP contribution in [0.5, 0.6) is 0 Å². The van der Waals surface area contributed by atoms with Crippen LogP contribution in [0.4, 0.5) is 12.8 Å². The molecule has 2 fully saturated rings. The summed E-state index contributed by atoms with van der Waals surface area (Å²) in [4.78, 5) is 0. The highest BCUT2D eigenvalue weighted by atomic mass is 32.3. The molecule has 2 aliphatic rings. The molecule has 0 unspecified atom stereocenters. The van der Waals surface area contributed by atoms with Crippen molar-refractivity contribution in [3.8, 4) is 0 Å². The van der Waals surface area contributed by atoms with Crippen molar-refractivity contribution in [1.82, 2.24) is 4.75 Å². The summed E-state index contributed by atoms with van der Waals surface area (Å²) in [7, 11) is -5.74. The summed E-state index contributed by atoms with van der Waals surface area (Å²) in [6.45, 7) is 0. The smallest absolute Gasteiger partial charge is 0.172 e. The van der Waals surface area contributed by atoms with Gasteiger partial charge >= 0.3 is 10.4 Å². The van der Waals surface area contributed by atoms with Gasteiger partial charge in [-0.15, -0.1) is 0 Å². The van der Waals surface area contributed by atoms with Crippen LogP contribution in [0.25, 0.3) is 0 Å². The van der Waals surface area contributed by atoms with Crippen LogP contribution in [0.1, 0.15) is 38.5 Å². The second-order valence-corrected chi connectivity index (χ2v) is 5.10. The molecule has 3 nitrogen and oxygen atoms in total. The maximum atomic E-state index is 10.7. The molecule has 0 aromatic heterocycles. The third-order valence-corrected chi connectivity index (χ3v) is 3.46. The van der Waals surface area contributed by atoms with Gasteiger partial charge in [-0.05, 0) is 11.8 Å². The van der Waals surface area contributed by atoms with E-state index in [0.717, 1.165) is 0 Å². The molecule has 2 saturated carbocycles. The summed E-state index contributed by atoms with van der Waals surface area (Å²) >= 11 is 0. The molecular weight excluding hydrogens is 231 g/mol. The average Bonchev–Trinajstić information content (AvgIpc) is 2.61. The second-order valence-electron chi connectivity index (χ2n) is 4.00. The largest absolute Gasteiger partial charge is 0.430 e. The van der Waals surface area contributed by atoms with Crippen LogP contribution >= 0.6 is 0 Å². The summed E-state index contributed by atoms with van der Waals surface area (Å²) < 4.78 is 46.7. The van der Waals surface area contributed by atoms with E-state index in [1.807, 2.05) is 0 Å². The van der Waals surface area contributed by atoms with E-state index in [0.29, 0.717) is 0 Å². The molecule has 0 N–H and O–H groups in total. The fourth-order valence-corrected chi connectivity index (χ4v) is 2.52. The lowest BCUT2D eigenvalue weighted by molar-refractivity contribution is -0.0591. The molecule has 0 atom stereocenters. The molecule has 0 radical (unpaired) electrons. The molecule has 2 aliphatic carbocycles. The van der Waals surface area contributed by atoms with E-state index in [1.54, 1.807) is 25.7 Å². The van der Waals surface area contributed by atoms with Gasteiger partial charge in [-0.1, -0.05) is 51.4 Å². The highest BCUT2D eigenvalue weighted by molar-refractivity contribution is 7.83. The fourth-order valence-electron chi connectivity index (χ4n) is 2.52. The Balaban J connectivity index is 0.000000153. The van der Waals surface area contributed by atoms with E-state index in [-0.39, 0.29) is 0 Å². The average molecular weight is 245 g/mol. The van der Waals surface area contributed by atoms with Gasteiger partial charge in [-0.2, -0.15) is 8.42 Å². The molecule has 0 aliphatic heterocycles. The van der Waals surface area contributed by atoms with Gasteiger partial charge in [0, 0.05) is 0 Å². The van der Waals surface area contributed by atoms with Crippen molar-refractivity contribution in [2.75, 3.05) is 0 Å². The minimum Gasteiger partial charge on any atom is -0.172 e. The zero-order valence-corrected chi connectivity index (χ0v) is 9.02. The number of nitrogens with zero attached hydrogens (tertiary/aromatic N) is 1. The van der Waals surface area contributed by atoms with Crippen molar-refractivity contribution in [3.63, 3.8) is 0 Å². The van der Waals surface area contributed by atoms with Crippen molar-refractivity contribution < 1.29 is 21.3 Å². The van der Waals surface area contributed by atoms with Gasteiger partial charge in [0.05, 0.1) is 0 Å². The topological polar surface area (TPSA) is 37.4 Å². The third-order valence-electron chi connectivity index (χ3n) is 3.13. The SMILES string of the molecule is C1CC2CCCC2C1.O=S(=O)(F)N(F)F. The Morgan fingerprint density at radius 1 is 0.933 bits per heavy atom. The standard InChI is InChI=1S/C8H14.F3NO2S/c1-3-7-5-2-6-8(7)4-1;1-4(2)7(3,5)6/h7-8H,1-6H2;. The molecule has 0 saturated heterocycles. The van der Waals surface area contributed by atoms with Crippen molar-refractivity contribution >= 4 is 10.4 Å². The Hall–Kier alpha value is -0.300. The number of hydrogen-bond acceptors (Lipinski definition) is 2. The molecule has 0 bridgehead atoms.